The summed E-state index contributed by atoms with van der Waals surface area (Å²) < 4.78 is 5.05. The zero-order valence-corrected chi connectivity index (χ0v) is 12.4. The quantitative estimate of drug-likeness (QED) is 0.862. The van der Waals surface area contributed by atoms with Crippen LogP contribution in [0.2, 0.25) is 5.15 Å². The second-order valence-corrected chi connectivity index (χ2v) is 5.46. The number of halogens is 1. The van der Waals surface area contributed by atoms with Crippen LogP contribution in [0.25, 0.3) is 0 Å². The number of piperidine rings is 1. The van der Waals surface area contributed by atoms with Gasteiger partial charge in [0.15, 0.2) is 5.82 Å². The van der Waals surface area contributed by atoms with E-state index in [4.69, 9.17) is 16.3 Å². The fraction of sp³-hybridized carbons (Fsp3) is 0.692. The number of hydrogen-bond donors (Lipinski definition) is 1. The van der Waals surface area contributed by atoms with Crippen LogP contribution in [0.15, 0.2) is 6.07 Å². The molecule has 19 heavy (non-hydrogen) atoms. The van der Waals surface area contributed by atoms with Crippen molar-refractivity contribution in [3.8, 4) is 0 Å². The lowest BCUT2D eigenvalue weighted by Crippen LogP contribution is -2.47. The Morgan fingerprint density at radius 3 is 2.68 bits per heavy atom. The Bertz CT molecular complexity index is 419. The zero-order chi connectivity index (χ0) is 13.8. The van der Waals surface area contributed by atoms with Crippen molar-refractivity contribution in [2.45, 2.75) is 51.8 Å². The number of nitrogens with one attached hydrogen (secondary N) is 1. The number of hydrazine groups is 1. The molecule has 1 aliphatic rings. The van der Waals surface area contributed by atoms with E-state index in [0.29, 0.717) is 29.7 Å². The Morgan fingerprint density at radius 1 is 1.37 bits per heavy atom. The number of aromatic nitrogens is 2. The minimum Gasteiger partial charge on any atom is -0.377 e. The number of methoxy groups -OCH3 is 1. The van der Waals surface area contributed by atoms with Gasteiger partial charge in [0, 0.05) is 25.3 Å². The van der Waals surface area contributed by atoms with E-state index in [-0.39, 0.29) is 0 Å². The standard InChI is InChI=1S/C13H21ClN4O/c1-9-5-4-6-10(2)18(9)17-12-7-11(14)15-13(16-12)8-19-3/h7,9-10H,4-6,8H2,1-3H3,(H,15,16,17). The second-order valence-electron chi connectivity index (χ2n) is 5.07. The number of hydrogen-bond acceptors (Lipinski definition) is 5. The molecular formula is C13H21ClN4O. The fourth-order valence-electron chi connectivity index (χ4n) is 2.49. The lowest BCUT2D eigenvalue weighted by molar-refractivity contribution is 0.134. The van der Waals surface area contributed by atoms with Crippen LogP contribution in [0.5, 0.6) is 0 Å². The van der Waals surface area contributed by atoms with E-state index in [1.165, 1.54) is 19.3 Å². The molecule has 2 atom stereocenters. The lowest BCUT2D eigenvalue weighted by Gasteiger charge is -2.39. The predicted molar refractivity (Wildman–Crippen MR) is 76.0 cm³/mol. The van der Waals surface area contributed by atoms with Gasteiger partial charge in [0.05, 0.1) is 0 Å². The zero-order valence-electron chi connectivity index (χ0n) is 11.7. The SMILES string of the molecule is COCc1nc(Cl)cc(NN2C(C)CCCC2C)n1. The molecule has 0 aromatic carbocycles. The first-order valence-electron chi connectivity index (χ1n) is 6.67. The maximum absolute atomic E-state index is 6.01. The molecule has 2 heterocycles. The molecule has 2 rings (SSSR count). The number of nitrogens with zero attached hydrogens (tertiary/aromatic N) is 3. The second kappa shape index (κ2) is 6.50. The van der Waals surface area contributed by atoms with Crippen LogP contribution < -0.4 is 5.43 Å². The summed E-state index contributed by atoms with van der Waals surface area (Å²) in [7, 11) is 1.62. The molecule has 0 aliphatic carbocycles. The minimum atomic E-state index is 0.361. The topological polar surface area (TPSA) is 50.3 Å². The summed E-state index contributed by atoms with van der Waals surface area (Å²) in [6, 6.07) is 2.72. The summed E-state index contributed by atoms with van der Waals surface area (Å²) in [6.45, 7) is 4.81. The average Bonchev–Trinajstić information content (AvgIpc) is 2.34. The summed E-state index contributed by atoms with van der Waals surface area (Å²) in [5.41, 5.74) is 3.36. The van der Waals surface area contributed by atoms with Gasteiger partial charge in [0.1, 0.15) is 17.6 Å². The Balaban J connectivity index is 2.13. The minimum absolute atomic E-state index is 0.361. The van der Waals surface area contributed by atoms with Crippen LogP contribution in [0.4, 0.5) is 5.82 Å². The van der Waals surface area contributed by atoms with E-state index in [1.807, 2.05) is 0 Å². The van der Waals surface area contributed by atoms with Crippen molar-refractivity contribution < 1.29 is 4.74 Å². The highest BCUT2D eigenvalue weighted by Crippen LogP contribution is 2.23. The molecule has 0 spiro atoms. The van der Waals surface area contributed by atoms with E-state index >= 15 is 0 Å². The third kappa shape index (κ3) is 3.78. The van der Waals surface area contributed by atoms with Gasteiger partial charge in [-0.3, -0.25) is 0 Å². The molecule has 1 saturated heterocycles. The van der Waals surface area contributed by atoms with Gasteiger partial charge in [-0.25, -0.2) is 15.0 Å². The van der Waals surface area contributed by atoms with Crippen molar-refractivity contribution in [2.75, 3.05) is 12.5 Å². The van der Waals surface area contributed by atoms with Crippen molar-refractivity contribution in [3.63, 3.8) is 0 Å². The molecule has 1 aliphatic heterocycles. The van der Waals surface area contributed by atoms with Gasteiger partial charge in [-0.15, -0.1) is 0 Å². The Labute approximate surface area is 119 Å². The molecule has 1 fully saturated rings. The molecule has 0 amide bonds. The summed E-state index contributed by atoms with van der Waals surface area (Å²) in [6.07, 6.45) is 3.67. The summed E-state index contributed by atoms with van der Waals surface area (Å²) in [5, 5.41) is 2.68. The molecule has 106 valence electrons. The van der Waals surface area contributed by atoms with Gasteiger partial charge < -0.3 is 10.2 Å². The smallest absolute Gasteiger partial charge is 0.158 e. The number of ether oxygens (including phenoxy) is 1. The van der Waals surface area contributed by atoms with Gasteiger partial charge in [-0.05, 0) is 26.7 Å². The molecule has 0 saturated carbocycles. The molecule has 2 unspecified atom stereocenters. The van der Waals surface area contributed by atoms with E-state index in [0.717, 1.165) is 5.82 Å². The molecule has 0 radical (unpaired) electrons. The Morgan fingerprint density at radius 2 is 2.05 bits per heavy atom. The fourth-order valence-corrected chi connectivity index (χ4v) is 2.69. The van der Waals surface area contributed by atoms with Crippen molar-refractivity contribution in [2.24, 2.45) is 0 Å². The third-order valence-corrected chi connectivity index (χ3v) is 3.65. The first-order chi connectivity index (χ1) is 9.10. The van der Waals surface area contributed by atoms with E-state index < -0.39 is 0 Å². The van der Waals surface area contributed by atoms with Crippen molar-refractivity contribution in [3.05, 3.63) is 17.0 Å². The van der Waals surface area contributed by atoms with Gasteiger partial charge >= 0.3 is 0 Å². The molecule has 1 N–H and O–H groups in total. The molecule has 5 nitrogen and oxygen atoms in total. The van der Waals surface area contributed by atoms with Crippen molar-refractivity contribution in [1.29, 1.82) is 0 Å². The predicted octanol–water partition coefficient (Wildman–Crippen LogP) is 2.87. The largest absolute Gasteiger partial charge is 0.377 e. The molecular weight excluding hydrogens is 264 g/mol. The molecule has 1 aromatic heterocycles. The van der Waals surface area contributed by atoms with Crippen LogP contribution in [0, 0.1) is 0 Å². The highest BCUT2D eigenvalue weighted by atomic mass is 35.5. The summed E-state index contributed by atoms with van der Waals surface area (Å²) in [5.74, 6) is 1.32. The van der Waals surface area contributed by atoms with Crippen molar-refractivity contribution in [1.82, 2.24) is 15.0 Å². The normalized spacial score (nSPS) is 24.4. The average molecular weight is 285 g/mol. The van der Waals surface area contributed by atoms with Gasteiger partial charge in [-0.2, -0.15) is 0 Å². The highest BCUT2D eigenvalue weighted by Gasteiger charge is 2.25. The molecule has 6 heteroatoms. The monoisotopic (exact) mass is 284 g/mol. The summed E-state index contributed by atoms with van der Waals surface area (Å²) in [4.78, 5) is 8.54. The van der Waals surface area contributed by atoms with E-state index in [9.17, 15) is 0 Å². The van der Waals surface area contributed by atoms with Crippen molar-refractivity contribution >= 4 is 17.4 Å². The number of anilines is 1. The van der Waals surface area contributed by atoms with E-state index in [2.05, 4.69) is 34.3 Å². The summed E-state index contributed by atoms with van der Waals surface area (Å²) >= 11 is 6.01. The van der Waals surface area contributed by atoms with Crippen LogP contribution in [0.3, 0.4) is 0 Å². The molecule has 1 aromatic rings. The van der Waals surface area contributed by atoms with E-state index in [1.54, 1.807) is 13.2 Å². The highest BCUT2D eigenvalue weighted by molar-refractivity contribution is 6.29. The van der Waals surface area contributed by atoms with Gasteiger partial charge in [-0.1, -0.05) is 18.0 Å². The van der Waals surface area contributed by atoms with Gasteiger partial charge in [0.2, 0.25) is 0 Å². The Kier molecular flexibility index (Phi) is 4.96. The number of rotatable bonds is 4. The Hall–Kier alpha value is -0.910. The first-order valence-corrected chi connectivity index (χ1v) is 7.05. The lowest BCUT2D eigenvalue weighted by atomic mass is 10.00. The van der Waals surface area contributed by atoms with Crippen LogP contribution in [-0.2, 0) is 11.3 Å². The van der Waals surface area contributed by atoms with Crippen LogP contribution >= 0.6 is 11.6 Å². The third-order valence-electron chi connectivity index (χ3n) is 3.45. The maximum atomic E-state index is 6.01. The first kappa shape index (κ1) is 14.5. The van der Waals surface area contributed by atoms with Crippen LogP contribution in [0.1, 0.15) is 38.9 Å². The maximum Gasteiger partial charge on any atom is 0.158 e. The van der Waals surface area contributed by atoms with Gasteiger partial charge in [0.25, 0.3) is 0 Å². The molecule has 0 bridgehead atoms. The van der Waals surface area contributed by atoms with Crippen LogP contribution in [-0.4, -0.2) is 34.2 Å².